The van der Waals surface area contributed by atoms with Gasteiger partial charge < -0.3 is 9.64 Å². The second-order valence-electron chi connectivity index (χ2n) is 3.61. The van der Waals surface area contributed by atoms with Crippen LogP contribution in [-0.4, -0.2) is 34.7 Å². The van der Waals surface area contributed by atoms with Gasteiger partial charge in [0.25, 0.3) is 0 Å². The van der Waals surface area contributed by atoms with Crippen LogP contribution in [-0.2, 0) is 14.8 Å². The Morgan fingerprint density at radius 1 is 1.19 bits per heavy atom. The molecule has 0 spiro atoms. The molecule has 0 amide bonds. The highest BCUT2D eigenvalue weighted by Gasteiger charge is 2.19. The lowest BCUT2D eigenvalue weighted by atomic mass is 10.2. The molecule has 0 radical (unpaired) electrons. The molecule has 0 atom stereocenters. The summed E-state index contributed by atoms with van der Waals surface area (Å²) in [5, 5.41) is 5.18. The van der Waals surface area contributed by atoms with E-state index in [-0.39, 0.29) is 4.90 Å². The highest BCUT2D eigenvalue weighted by Crippen LogP contribution is 2.24. The number of hydrogen-bond donors (Lipinski definition) is 1. The molecule has 1 aliphatic heterocycles. The lowest BCUT2D eigenvalue weighted by Crippen LogP contribution is -2.37. The minimum atomic E-state index is -3.67. The van der Waals surface area contributed by atoms with Crippen LogP contribution < -0.4 is 10.0 Å². The second-order valence-corrected chi connectivity index (χ2v) is 5.14. The van der Waals surface area contributed by atoms with Crippen molar-refractivity contribution in [1.82, 2.24) is 0 Å². The van der Waals surface area contributed by atoms with Crippen molar-refractivity contribution in [2.45, 2.75) is 4.90 Å². The predicted octanol–water partition coefficient (Wildman–Crippen LogP) is 0.171. The van der Waals surface area contributed by atoms with Gasteiger partial charge in [-0.1, -0.05) is 12.1 Å². The first-order valence-corrected chi connectivity index (χ1v) is 6.58. The summed E-state index contributed by atoms with van der Waals surface area (Å²) in [5.41, 5.74) is 0.660. The summed E-state index contributed by atoms with van der Waals surface area (Å²) < 4.78 is 28.1. The maximum atomic E-state index is 11.4. The Kier molecular flexibility index (Phi) is 3.13. The average Bonchev–Trinajstić information content (AvgIpc) is 2.29. The van der Waals surface area contributed by atoms with Crippen LogP contribution in [0.1, 0.15) is 0 Å². The minimum Gasteiger partial charge on any atom is -0.378 e. The largest absolute Gasteiger partial charge is 0.378 e. The number of anilines is 1. The van der Waals surface area contributed by atoms with Gasteiger partial charge in [0.15, 0.2) is 0 Å². The number of morpholine rings is 1. The number of rotatable bonds is 2. The second kappa shape index (κ2) is 4.40. The van der Waals surface area contributed by atoms with E-state index in [4.69, 9.17) is 9.88 Å². The van der Waals surface area contributed by atoms with E-state index < -0.39 is 10.0 Å². The first-order chi connectivity index (χ1) is 7.59. The quantitative estimate of drug-likeness (QED) is 0.802. The van der Waals surface area contributed by atoms with Crippen LogP contribution in [0.4, 0.5) is 5.69 Å². The zero-order valence-electron chi connectivity index (χ0n) is 8.80. The van der Waals surface area contributed by atoms with E-state index in [1.165, 1.54) is 6.07 Å². The van der Waals surface area contributed by atoms with E-state index in [1.807, 2.05) is 4.90 Å². The number of primary sulfonamides is 1. The fourth-order valence-electron chi connectivity index (χ4n) is 1.76. The maximum Gasteiger partial charge on any atom is 0.240 e. The normalized spacial score (nSPS) is 17.4. The summed E-state index contributed by atoms with van der Waals surface area (Å²) in [5.74, 6) is 0. The van der Waals surface area contributed by atoms with Crippen molar-refractivity contribution >= 4 is 15.7 Å². The Hall–Kier alpha value is -1.11. The van der Waals surface area contributed by atoms with Gasteiger partial charge in [-0.15, -0.1) is 0 Å². The van der Waals surface area contributed by atoms with Crippen molar-refractivity contribution < 1.29 is 13.2 Å². The van der Waals surface area contributed by atoms with E-state index in [1.54, 1.807) is 18.2 Å². The van der Waals surface area contributed by atoms with E-state index >= 15 is 0 Å². The number of para-hydroxylation sites is 1. The lowest BCUT2D eigenvalue weighted by molar-refractivity contribution is 0.122. The Bertz CT molecular complexity index is 467. The van der Waals surface area contributed by atoms with Gasteiger partial charge in [0.05, 0.1) is 18.9 Å². The Morgan fingerprint density at radius 3 is 2.44 bits per heavy atom. The van der Waals surface area contributed by atoms with E-state index in [0.717, 1.165) is 0 Å². The molecule has 1 aliphatic rings. The Morgan fingerprint density at radius 2 is 1.81 bits per heavy atom. The van der Waals surface area contributed by atoms with E-state index in [9.17, 15) is 8.42 Å². The first kappa shape index (κ1) is 11.4. The summed E-state index contributed by atoms with van der Waals surface area (Å²) in [6, 6.07) is 6.77. The molecule has 1 aromatic rings. The molecular weight excluding hydrogens is 228 g/mol. The maximum absolute atomic E-state index is 11.4. The lowest BCUT2D eigenvalue weighted by Gasteiger charge is -2.30. The van der Waals surface area contributed by atoms with Gasteiger partial charge in [0.2, 0.25) is 10.0 Å². The number of nitrogens with zero attached hydrogens (tertiary/aromatic N) is 1. The Balaban J connectivity index is 2.40. The molecule has 1 fully saturated rings. The van der Waals surface area contributed by atoms with Crippen LogP contribution in [0.15, 0.2) is 29.2 Å². The molecule has 2 N–H and O–H groups in total. The van der Waals surface area contributed by atoms with E-state index in [2.05, 4.69) is 0 Å². The summed E-state index contributed by atoms with van der Waals surface area (Å²) in [6.45, 7) is 2.59. The van der Waals surface area contributed by atoms with Crippen LogP contribution in [0, 0.1) is 0 Å². The number of ether oxygens (including phenoxy) is 1. The number of hydrogen-bond acceptors (Lipinski definition) is 4. The first-order valence-electron chi connectivity index (χ1n) is 5.03. The topological polar surface area (TPSA) is 72.6 Å². The average molecular weight is 242 g/mol. The molecule has 0 unspecified atom stereocenters. The fraction of sp³-hybridized carbons (Fsp3) is 0.400. The molecule has 6 heteroatoms. The molecule has 2 rings (SSSR count). The zero-order valence-corrected chi connectivity index (χ0v) is 9.61. The summed E-state index contributed by atoms with van der Waals surface area (Å²) >= 11 is 0. The number of nitrogens with two attached hydrogens (primary N) is 1. The van der Waals surface area contributed by atoms with Gasteiger partial charge >= 0.3 is 0 Å². The smallest absolute Gasteiger partial charge is 0.240 e. The van der Waals surface area contributed by atoms with Crippen LogP contribution in [0.2, 0.25) is 0 Å². The van der Waals surface area contributed by atoms with Gasteiger partial charge in [-0.05, 0) is 12.1 Å². The molecule has 16 heavy (non-hydrogen) atoms. The summed E-state index contributed by atoms with van der Waals surface area (Å²) in [6.07, 6.45) is 0. The molecule has 0 saturated carbocycles. The van der Waals surface area contributed by atoms with Crippen molar-refractivity contribution in [2.75, 3.05) is 31.2 Å². The third-order valence-corrected chi connectivity index (χ3v) is 3.48. The predicted molar refractivity (Wildman–Crippen MR) is 60.8 cm³/mol. The van der Waals surface area contributed by atoms with Crippen molar-refractivity contribution in [2.24, 2.45) is 5.14 Å². The molecule has 0 bridgehead atoms. The van der Waals surface area contributed by atoms with Crippen LogP contribution in [0.25, 0.3) is 0 Å². The fourth-order valence-corrected chi connectivity index (χ4v) is 2.52. The monoisotopic (exact) mass is 242 g/mol. The van der Waals surface area contributed by atoms with Crippen molar-refractivity contribution in [3.05, 3.63) is 24.3 Å². The van der Waals surface area contributed by atoms with Crippen LogP contribution in [0.3, 0.4) is 0 Å². The number of benzene rings is 1. The van der Waals surface area contributed by atoms with Gasteiger partial charge in [0, 0.05) is 13.1 Å². The van der Waals surface area contributed by atoms with Crippen LogP contribution in [0.5, 0.6) is 0 Å². The van der Waals surface area contributed by atoms with Gasteiger partial charge in [-0.2, -0.15) is 0 Å². The van der Waals surface area contributed by atoms with Crippen molar-refractivity contribution in [3.63, 3.8) is 0 Å². The summed E-state index contributed by atoms with van der Waals surface area (Å²) in [7, 11) is -3.67. The molecule has 1 saturated heterocycles. The standard InChI is InChI=1S/C10H14N2O3S/c11-16(13,14)10-4-2-1-3-9(10)12-5-7-15-8-6-12/h1-4H,5-8H2,(H2,11,13,14). The van der Waals surface area contributed by atoms with Crippen molar-refractivity contribution in [3.8, 4) is 0 Å². The van der Waals surface area contributed by atoms with Gasteiger partial charge in [0.1, 0.15) is 4.90 Å². The van der Waals surface area contributed by atoms with Gasteiger partial charge in [-0.25, -0.2) is 13.6 Å². The molecule has 0 aliphatic carbocycles. The SMILES string of the molecule is NS(=O)(=O)c1ccccc1N1CCOCC1. The molecule has 1 aromatic carbocycles. The molecule has 0 aromatic heterocycles. The van der Waals surface area contributed by atoms with Crippen LogP contribution >= 0.6 is 0 Å². The van der Waals surface area contributed by atoms with Gasteiger partial charge in [-0.3, -0.25) is 0 Å². The molecular formula is C10H14N2O3S. The molecule has 5 nitrogen and oxygen atoms in total. The number of sulfonamides is 1. The zero-order chi connectivity index (χ0) is 11.6. The highest BCUT2D eigenvalue weighted by molar-refractivity contribution is 7.89. The minimum absolute atomic E-state index is 0.178. The third kappa shape index (κ3) is 2.34. The Labute approximate surface area is 94.9 Å². The molecule has 88 valence electrons. The van der Waals surface area contributed by atoms with Crippen molar-refractivity contribution in [1.29, 1.82) is 0 Å². The third-order valence-electron chi connectivity index (χ3n) is 2.52. The summed E-state index contributed by atoms with van der Waals surface area (Å²) in [4.78, 5) is 2.15. The highest BCUT2D eigenvalue weighted by atomic mass is 32.2. The van der Waals surface area contributed by atoms with E-state index in [0.29, 0.717) is 32.0 Å². The molecule has 1 heterocycles.